The van der Waals surface area contributed by atoms with Gasteiger partial charge in [-0.3, -0.25) is 0 Å². The number of thiol groups is 1. The number of nitrogens with zero attached hydrogens (tertiary/aromatic N) is 1. The van der Waals surface area contributed by atoms with Crippen LogP contribution >= 0.6 is 24.4 Å². The molecule has 0 fully saturated rings. The fourth-order valence-electron chi connectivity index (χ4n) is 0.661. The molecule has 1 aromatic heterocycles. The largest absolute Gasteiger partial charge is 0.440 e. The van der Waals surface area contributed by atoms with E-state index in [0.29, 0.717) is 0 Å². The normalized spacial score (nSPS) is 11.2. The number of thioether (sulfide) groups is 1. The van der Waals surface area contributed by atoms with Gasteiger partial charge >= 0.3 is 0 Å². The predicted octanol–water partition coefficient (Wildman–Crippen LogP) is 2.56. The lowest BCUT2D eigenvalue weighted by molar-refractivity contribution is 0.454. The zero-order valence-corrected chi connectivity index (χ0v) is 8.57. The number of aromatic nitrogens is 1. The van der Waals surface area contributed by atoms with Crippen molar-refractivity contribution in [2.75, 3.05) is 11.5 Å². The molecular weight excluding hydrogens is 190 g/mol. The van der Waals surface area contributed by atoms with Gasteiger partial charge in [0.2, 0.25) is 0 Å². The van der Waals surface area contributed by atoms with Crippen molar-refractivity contribution in [1.82, 2.24) is 4.98 Å². The third-order valence-electron chi connectivity index (χ3n) is 1.17. The second kappa shape index (κ2) is 5.32. The Morgan fingerprint density at radius 3 is 3.08 bits per heavy atom. The van der Waals surface area contributed by atoms with Crippen LogP contribution in [0.1, 0.15) is 5.69 Å². The van der Waals surface area contributed by atoms with E-state index in [1.54, 1.807) is 18.0 Å². The first-order valence-electron chi connectivity index (χ1n) is 3.63. The fraction of sp³-hybridized carbons (Fsp3) is 0.375. The topological polar surface area (TPSA) is 26.0 Å². The molecule has 0 aliphatic carbocycles. The van der Waals surface area contributed by atoms with Crippen LogP contribution in [-0.2, 0) is 0 Å². The van der Waals surface area contributed by atoms with Crippen LogP contribution in [0.4, 0.5) is 0 Å². The Hall–Kier alpha value is -0.350. The van der Waals surface area contributed by atoms with E-state index in [1.807, 2.05) is 13.0 Å². The maximum Gasteiger partial charge on any atom is 0.256 e. The Labute approximate surface area is 81.9 Å². The van der Waals surface area contributed by atoms with Gasteiger partial charge in [-0.05, 0) is 6.92 Å². The van der Waals surface area contributed by atoms with Gasteiger partial charge in [0, 0.05) is 11.5 Å². The summed E-state index contributed by atoms with van der Waals surface area (Å²) in [4.78, 5) is 4.15. The number of rotatable bonds is 4. The first-order chi connectivity index (χ1) is 5.83. The highest BCUT2D eigenvalue weighted by Gasteiger charge is 1.97. The Morgan fingerprint density at radius 2 is 2.50 bits per heavy atom. The predicted molar refractivity (Wildman–Crippen MR) is 55.0 cm³/mol. The zero-order valence-electron chi connectivity index (χ0n) is 6.86. The van der Waals surface area contributed by atoms with E-state index >= 15 is 0 Å². The monoisotopic (exact) mass is 201 g/mol. The van der Waals surface area contributed by atoms with Crippen LogP contribution in [0.2, 0.25) is 0 Å². The van der Waals surface area contributed by atoms with Crippen molar-refractivity contribution >= 4 is 24.4 Å². The maximum absolute atomic E-state index is 5.14. The molecule has 1 heterocycles. The quantitative estimate of drug-likeness (QED) is 0.460. The van der Waals surface area contributed by atoms with Crippen molar-refractivity contribution in [2.24, 2.45) is 0 Å². The Morgan fingerprint density at radius 1 is 1.67 bits per heavy atom. The molecule has 0 aliphatic rings. The van der Waals surface area contributed by atoms with Gasteiger partial charge in [0.1, 0.15) is 6.26 Å². The molecule has 0 N–H and O–H groups in total. The number of hydrogen-bond acceptors (Lipinski definition) is 4. The molecule has 66 valence electrons. The fourth-order valence-corrected chi connectivity index (χ4v) is 1.51. The van der Waals surface area contributed by atoms with Gasteiger partial charge in [-0.1, -0.05) is 23.9 Å². The van der Waals surface area contributed by atoms with E-state index in [4.69, 9.17) is 4.42 Å². The molecule has 0 amide bonds. The summed E-state index contributed by atoms with van der Waals surface area (Å²) in [5.74, 6) is 1.67. The lowest BCUT2D eigenvalue weighted by Gasteiger charge is -1.87. The van der Waals surface area contributed by atoms with Crippen molar-refractivity contribution in [1.29, 1.82) is 0 Å². The van der Waals surface area contributed by atoms with Crippen molar-refractivity contribution in [3.8, 4) is 0 Å². The number of hydrogen-bond donors (Lipinski definition) is 1. The van der Waals surface area contributed by atoms with Crippen LogP contribution in [0, 0.1) is 6.92 Å². The second-order valence-corrected chi connectivity index (χ2v) is 3.56. The lowest BCUT2D eigenvalue weighted by atomic mass is 10.6. The van der Waals surface area contributed by atoms with Gasteiger partial charge in [0.25, 0.3) is 5.22 Å². The molecule has 0 radical (unpaired) electrons. The van der Waals surface area contributed by atoms with Crippen LogP contribution in [0.15, 0.2) is 28.1 Å². The summed E-state index contributed by atoms with van der Waals surface area (Å²) < 4.78 is 5.14. The summed E-state index contributed by atoms with van der Waals surface area (Å²) in [7, 11) is 0. The molecule has 0 saturated carbocycles. The molecule has 0 atom stereocenters. The van der Waals surface area contributed by atoms with Crippen LogP contribution in [0.3, 0.4) is 0 Å². The Balaban J connectivity index is 2.28. The second-order valence-electron chi connectivity index (χ2n) is 2.22. The lowest BCUT2D eigenvalue weighted by Crippen LogP contribution is -1.74. The Kier molecular flexibility index (Phi) is 4.32. The molecular formula is C8H11NOS2. The van der Waals surface area contributed by atoms with Gasteiger partial charge in [-0.15, -0.1) is 0 Å². The molecule has 2 nitrogen and oxygen atoms in total. The third-order valence-corrected chi connectivity index (χ3v) is 2.18. The summed E-state index contributed by atoms with van der Waals surface area (Å²) in [6, 6.07) is 0. The van der Waals surface area contributed by atoms with Crippen LogP contribution in [0.5, 0.6) is 0 Å². The van der Waals surface area contributed by atoms with Crippen molar-refractivity contribution < 1.29 is 4.42 Å². The van der Waals surface area contributed by atoms with E-state index < -0.39 is 0 Å². The van der Waals surface area contributed by atoms with Crippen LogP contribution in [0.25, 0.3) is 0 Å². The average Bonchev–Trinajstić information content (AvgIpc) is 2.45. The van der Waals surface area contributed by atoms with Gasteiger partial charge in [-0.2, -0.15) is 12.6 Å². The van der Waals surface area contributed by atoms with Crippen molar-refractivity contribution in [3.63, 3.8) is 0 Å². The van der Waals surface area contributed by atoms with E-state index in [0.717, 1.165) is 22.4 Å². The molecule has 0 aliphatic heterocycles. The molecule has 0 bridgehead atoms. The van der Waals surface area contributed by atoms with Gasteiger partial charge in [0.05, 0.1) is 5.69 Å². The summed E-state index contributed by atoms with van der Waals surface area (Å²) in [6.07, 6.45) is 5.72. The van der Waals surface area contributed by atoms with Crippen molar-refractivity contribution in [2.45, 2.75) is 12.1 Å². The summed E-state index contributed by atoms with van der Waals surface area (Å²) in [6.45, 7) is 1.91. The van der Waals surface area contributed by atoms with E-state index in [-0.39, 0.29) is 0 Å². The third kappa shape index (κ3) is 3.36. The van der Waals surface area contributed by atoms with Gasteiger partial charge < -0.3 is 4.42 Å². The minimum atomic E-state index is 0.733. The first-order valence-corrected chi connectivity index (χ1v) is 5.25. The SMILES string of the molecule is Cc1coc(SC/C=C/CS)n1. The van der Waals surface area contributed by atoms with E-state index in [9.17, 15) is 0 Å². The Bertz CT molecular complexity index is 257. The van der Waals surface area contributed by atoms with E-state index in [2.05, 4.69) is 23.7 Å². The summed E-state index contributed by atoms with van der Waals surface area (Å²) in [5.41, 5.74) is 0.927. The van der Waals surface area contributed by atoms with Gasteiger partial charge in [0.15, 0.2) is 0 Å². The minimum absolute atomic E-state index is 0.733. The molecule has 1 aromatic rings. The molecule has 0 saturated heterocycles. The molecule has 0 spiro atoms. The molecule has 1 rings (SSSR count). The van der Waals surface area contributed by atoms with Crippen molar-refractivity contribution in [3.05, 3.63) is 24.1 Å². The molecule has 12 heavy (non-hydrogen) atoms. The summed E-state index contributed by atoms with van der Waals surface area (Å²) in [5, 5.41) is 0.733. The smallest absolute Gasteiger partial charge is 0.256 e. The minimum Gasteiger partial charge on any atom is -0.440 e. The highest BCUT2D eigenvalue weighted by Crippen LogP contribution is 2.16. The molecule has 4 heteroatoms. The van der Waals surface area contributed by atoms with Crippen LogP contribution in [-0.4, -0.2) is 16.5 Å². The maximum atomic E-state index is 5.14. The first kappa shape index (κ1) is 9.74. The number of oxazole rings is 1. The molecule has 0 unspecified atom stereocenters. The average molecular weight is 201 g/mol. The standard InChI is InChI=1S/C8H11NOS2/c1-7-6-10-8(9-7)12-5-3-2-4-11/h2-3,6,11H,4-5H2,1H3/b3-2+. The van der Waals surface area contributed by atoms with Gasteiger partial charge in [-0.25, -0.2) is 4.98 Å². The highest BCUT2D eigenvalue weighted by atomic mass is 32.2. The van der Waals surface area contributed by atoms with E-state index in [1.165, 1.54) is 0 Å². The highest BCUT2D eigenvalue weighted by molar-refractivity contribution is 7.99. The number of aryl methyl sites for hydroxylation is 1. The van der Waals surface area contributed by atoms with Crippen LogP contribution < -0.4 is 0 Å². The summed E-state index contributed by atoms with van der Waals surface area (Å²) >= 11 is 5.63. The molecule has 0 aromatic carbocycles. The zero-order chi connectivity index (χ0) is 8.81.